The predicted octanol–water partition coefficient (Wildman–Crippen LogP) is 8.29. The molecule has 0 radical (unpaired) electrons. The molecule has 0 spiro atoms. The number of nitrogens with zero attached hydrogens (tertiary/aromatic N) is 3. The van der Waals surface area contributed by atoms with Gasteiger partial charge in [0.1, 0.15) is 21.5 Å². The lowest BCUT2D eigenvalue weighted by Gasteiger charge is -2.24. The van der Waals surface area contributed by atoms with Crippen LogP contribution in [0, 0.1) is 0 Å². The normalized spacial score (nSPS) is 23.4. The molecule has 4 unspecified atom stereocenters. The first-order valence-electron chi connectivity index (χ1n) is 15.8. The maximum absolute atomic E-state index is 13.5. The number of carboxylic acid groups (broad SMARTS) is 1. The molecule has 4 aromatic rings. The SMILES string of the molecule is CCN1C(=O)/C(=C/c2ccc3c(c2)C(C)C(C)N3c2ccc(C=Cc3cccc4ccccc34)s2)SC1C1SC(=S)N(CC(=O)O)C1=O. The molecule has 4 heterocycles. The Morgan fingerprint density at radius 3 is 2.56 bits per heavy atom. The molecule has 0 bridgehead atoms. The number of fused-ring (bicyclic) bond motifs is 2. The van der Waals surface area contributed by atoms with Crippen LogP contribution in [-0.2, 0) is 14.4 Å². The van der Waals surface area contributed by atoms with Gasteiger partial charge in [-0.05, 0) is 77.7 Å². The average Bonchev–Trinajstić information content (AvgIpc) is 3.80. The van der Waals surface area contributed by atoms with Crippen LogP contribution in [-0.4, -0.2) is 66.8 Å². The van der Waals surface area contributed by atoms with E-state index >= 15 is 0 Å². The van der Waals surface area contributed by atoms with E-state index in [1.165, 1.54) is 49.2 Å². The van der Waals surface area contributed by atoms with Crippen LogP contribution < -0.4 is 4.90 Å². The highest BCUT2D eigenvalue weighted by atomic mass is 32.2. The molecule has 1 N–H and O–H groups in total. The molecule has 244 valence electrons. The summed E-state index contributed by atoms with van der Waals surface area (Å²) >= 11 is 9.61. The van der Waals surface area contributed by atoms with Gasteiger partial charge in [0.15, 0.2) is 0 Å². The molecule has 11 heteroatoms. The highest BCUT2D eigenvalue weighted by Gasteiger charge is 2.49. The topological polar surface area (TPSA) is 81.2 Å². The first-order valence-corrected chi connectivity index (χ1v) is 18.7. The number of carbonyl (C=O) groups excluding carboxylic acids is 2. The molecule has 3 aliphatic heterocycles. The van der Waals surface area contributed by atoms with Crippen LogP contribution >= 0.6 is 47.1 Å². The van der Waals surface area contributed by atoms with Gasteiger partial charge in [-0.2, -0.15) is 0 Å². The van der Waals surface area contributed by atoms with Crippen LogP contribution in [0.25, 0.3) is 29.0 Å². The van der Waals surface area contributed by atoms with Gasteiger partial charge in [-0.1, -0.05) is 97.3 Å². The van der Waals surface area contributed by atoms with Crippen molar-refractivity contribution >= 4 is 109 Å². The number of anilines is 2. The number of hydrogen-bond acceptors (Lipinski definition) is 8. The highest BCUT2D eigenvalue weighted by molar-refractivity contribution is 8.25. The molecule has 2 saturated heterocycles. The molecular weight excluding hydrogens is 679 g/mol. The lowest BCUT2D eigenvalue weighted by atomic mass is 9.96. The minimum atomic E-state index is -1.12. The van der Waals surface area contributed by atoms with Gasteiger partial charge in [-0.25, -0.2) is 0 Å². The van der Waals surface area contributed by atoms with Crippen LogP contribution in [0.2, 0.25) is 0 Å². The Hall–Kier alpha value is -3.90. The number of thioether (sulfide) groups is 2. The van der Waals surface area contributed by atoms with E-state index in [2.05, 4.69) is 104 Å². The summed E-state index contributed by atoms with van der Waals surface area (Å²) in [6.45, 7) is 6.33. The second-order valence-electron chi connectivity index (χ2n) is 12.0. The second-order valence-corrected chi connectivity index (χ2v) is 16.1. The smallest absolute Gasteiger partial charge is 0.323 e. The number of likely N-dealkylation sites (N-methyl/N-ethyl adjacent to an activating group) is 1. The predicted molar refractivity (Wildman–Crippen MR) is 204 cm³/mol. The zero-order valence-corrected chi connectivity index (χ0v) is 29.8. The van der Waals surface area contributed by atoms with Crippen molar-refractivity contribution in [2.45, 2.75) is 43.4 Å². The Balaban J connectivity index is 1.12. The number of hydrogen-bond donors (Lipinski definition) is 1. The molecule has 0 aliphatic carbocycles. The molecular formula is C37H33N3O4S4. The van der Waals surface area contributed by atoms with Crippen molar-refractivity contribution in [1.82, 2.24) is 9.80 Å². The second kappa shape index (κ2) is 13.2. The van der Waals surface area contributed by atoms with Crippen molar-refractivity contribution in [1.29, 1.82) is 0 Å². The lowest BCUT2D eigenvalue weighted by molar-refractivity contribution is -0.141. The van der Waals surface area contributed by atoms with Crippen molar-refractivity contribution < 1.29 is 19.5 Å². The molecule has 48 heavy (non-hydrogen) atoms. The number of thiophene rings is 1. The summed E-state index contributed by atoms with van der Waals surface area (Å²) in [7, 11) is 0. The average molecular weight is 712 g/mol. The van der Waals surface area contributed by atoms with Crippen LogP contribution in [0.3, 0.4) is 0 Å². The first-order chi connectivity index (χ1) is 23.1. The van der Waals surface area contributed by atoms with Crippen LogP contribution in [0.5, 0.6) is 0 Å². The standard InChI is InChI=1S/C37H33N3O4S4/c1-4-38-34(43)30(47-36(38)33-35(44)39(20-32(41)42)37(45)48-33)19-23-12-16-29-28(18-23)21(2)22(3)40(29)31-17-15-26(46-31)14-13-25-10-7-9-24-8-5-6-11-27(24)25/h5-19,21-22,33,36H,4,20H2,1-3H3,(H,41,42)/b14-13?,30-19-. The number of aliphatic carboxylic acids is 1. The quantitative estimate of drug-likeness (QED) is 0.145. The van der Waals surface area contributed by atoms with Crippen molar-refractivity contribution in [2.24, 2.45) is 0 Å². The maximum Gasteiger partial charge on any atom is 0.323 e. The van der Waals surface area contributed by atoms with Crippen molar-refractivity contribution in [3.63, 3.8) is 0 Å². The van der Waals surface area contributed by atoms with Crippen molar-refractivity contribution in [3.8, 4) is 0 Å². The van der Waals surface area contributed by atoms with E-state index in [9.17, 15) is 19.5 Å². The number of benzene rings is 3. The maximum atomic E-state index is 13.5. The number of amides is 2. The van der Waals surface area contributed by atoms with Crippen molar-refractivity contribution in [3.05, 3.63) is 99.3 Å². The van der Waals surface area contributed by atoms with Gasteiger partial charge in [-0.3, -0.25) is 19.3 Å². The Morgan fingerprint density at radius 2 is 1.77 bits per heavy atom. The van der Waals surface area contributed by atoms with Crippen molar-refractivity contribution in [2.75, 3.05) is 18.0 Å². The molecule has 2 amide bonds. The van der Waals surface area contributed by atoms with Gasteiger partial charge in [0.05, 0.1) is 9.91 Å². The summed E-state index contributed by atoms with van der Waals surface area (Å²) in [6.07, 6.45) is 6.29. The number of carboxylic acids is 1. The van der Waals surface area contributed by atoms with Gasteiger partial charge in [0.25, 0.3) is 5.91 Å². The third-order valence-electron chi connectivity index (χ3n) is 9.21. The van der Waals surface area contributed by atoms with E-state index in [4.69, 9.17) is 12.2 Å². The summed E-state index contributed by atoms with van der Waals surface area (Å²) in [5.41, 5.74) is 4.53. The summed E-state index contributed by atoms with van der Waals surface area (Å²) in [5, 5.41) is 11.8. The van der Waals surface area contributed by atoms with Crippen LogP contribution in [0.4, 0.5) is 10.7 Å². The van der Waals surface area contributed by atoms with Crippen LogP contribution in [0.15, 0.2) is 77.7 Å². The first kappa shape index (κ1) is 32.6. The third-order valence-corrected chi connectivity index (χ3v) is 13.4. The van der Waals surface area contributed by atoms with Gasteiger partial charge < -0.3 is 14.9 Å². The fourth-order valence-electron chi connectivity index (χ4n) is 6.62. The zero-order valence-electron chi connectivity index (χ0n) is 26.5. The summed E-state index contributed by atoms with van der Waals surface area (Å²) in [4.78, 5) is 44.9. The van der Waals surface area contributed by atoms with Crippen LogP contribution in [0.1, 0.15) is 48.3 Å². The number of carbonyl (C=O) groups is 3. The van der Waals surface area contributed by atoms with E-state index in [0.29, 0.717) is 11.4 Å². The summed E-state index contributed by atoms with van der Waals surface area (Å²) in [5.74, 6) is -1.34. The number of thiocarbonyl (C=S) groups is 1. The molecule has 4 atom stereocenters. The number of rotatable bonds is 8. The fourth-order valence-corrected chi connectivity index (χ4v) is 10.7. The molecule has 2 fully saturated rings. The Morgan fingerprint density at radius 1 is 0.979 bits per heavy atom. The minimum Gasteiger partial charge on any atom is -0.480 e. The highest BCUT2D eigenvalue weighted by Crippen LogP contribution is 2.49. The van der Waals surface area contributed by atoms with E-state index in [1.54, 1.807) is 16.2 Å². The molecule has 3 aliphatic rings. The Kier molecular flexibility index (Phi) is 8.97. The molecule has 7 nitrogen and oxygen atoms in total. The fraction of sp³-hybridized carbons (Fsp3) is 0.243. The lowest BCUT2D eigenvalue weighted by Crippen LogP contribution is -2.44. The summed E-state index contributed by atoms with van der Waals surface area (Å²) < 4.78 is 0.235. The van der Waals surface area contributed by atoms with Gasteiger partial charge >= 0.3 is 5.97 Å². The van der Waals surface area contributed by atoms with E-state index in [-0.39, 0.29) is 28.1 Å². The Labute approximate surface area is 297 Å². The zero-order chi connectivity index (χ0) is 33.7. The van der Waals surface area contributed by atoms with Gasteiger partial charge in [-0.15, -0.1) is 11.3 Å². The summed E-state index contributed by atoms with van der Waals surface area (Å²) in [6, 6.07) is 25.8. The van der Waals surface area contributed by atoms with Gasteiger partial charge in [0.2, 0.25) is 5.91 Å². The van der Waals surface area contributed by atoms with Gasteiger partial charge in [0, 0.05) is 29.1 Å². The minimum absolute atomic E-state index is 0.130. The monoisotopic (exact) mass is 711 g/mol. The molecule has 7 rings (SSSR count). The van der Waals surface area contributed by atoms with E-state index in [0.717, 1.165) is 22.2 Å². The van der Waals surface area contributed by atoms with E-state index < -0.39 is 23.1 Å². The molecule has 0 saturated carbocycles. The third kappa shape index (κ3) is 5.87. The Bertz CT molecular complexity index is 2030. The largest absolute Gasteiger partial charge is 0.480 e. The van der Waals surface area contributed by atoms with E-state index in [1.807, 2.05) is 13.0 Å². The molecule has 3 aromatic carbocycles. The molecule has 1 aromatic heterocycles.